The highest BCUT2D eigenvalue weighted by Crippen LogP contribution is 2.42. The second-order valence-electron chi connectivity index (χ2n) is 6.18. The summed E-state index contributed by atoms with van der Waals surface area (Å²) in [5, 5.41) is 6.26. The van der Waals surface area contributed by atoms with Gasteiger partial charge in [-0.15, -0.1) is 0 Å². The third-order valence-corrected chi connectivity index (χ3v) is 2.90. The molecule has 0 aromatic carbocycles. The Morgan fingerprint density at radius 3 is 2.45 bits per heavy atom. The van der Waals surface area contributed by atoms with E-state index in [4.69, 9.17) is 0 Å². The van der Waals surface area contributed by atoms with E-state index in [1.165, 1.54) is 4.68 Å². The average molecular weight is 289 g/mol. The molecule has 1 amide bonds. The number of carbonyl (C=O) groups is 1. The molecule has 7 heteroatoms. The molecule has 0 bridgehead atoms. The summed E-state index contributed by atoms with van der Waals surface area (Å²) in [6.45, 7) is 5.27. The molecule has 0 unspecified atom stereocenters. The minimum Gasteiger partial charge on any atom is -0.350 e. The Labute approximate surface area is 115 Å². The Bertz CT molecular complexity index is 510. The lowest BCUT2D eigenvalue weighted by Crippen LogP contribution is -2.42. The topological polar surface area (TPSA) is 46.9 Å². The zero-order chi connectivity index (χ0) is 15.1. The van der Waals surface area contributed by atoms with E-state index in [1.807, 2.05) is 20.8 Å². The van der Waals surface area contributed by atoms with Gasteiger partial charge in [-0.2, -0.15) is 18.3 Å². The van der Waals surface area contributed by atoms with Crippen LogP contribution in [0.5, 0.6) is 0 Å². The first kappa shape index (κ1) is 14.9. The van der Waals surface area contributed by atoms with Crippen LogP contribution in [0.25, 0.3) is 0 Å². The van der Waals surface area contributed by atoms with Crippen LogP contribution in [0.2, 0.25) is 0 Å². The van der Waals surface area contributed by atoms with Gasteiger partial charge in [0.05, 0.1) is 0 Å². The summed E-state index contributed by atoms with van der Waals surface area (Å²) in [7, 11) is 0. The number of alkyl halides is 3. The van der Waals surface area contributed by atoms with Gasteiger partial charge in [-0.1, -0.05) is 0 Å². The van der Waals surface area contributed by atoms with Crippen molar-refractivity contribution in [2.45, 2.75) is 57.8 Å². The Balaban J connectivity index is 2.18. The summed E-state index contributed by atoms with van der Waals surface area (Å²) >= 11 is 0. The number of hydrogen-bond donors (Lipinski definition) is 1. The Kier molecular flexibility index (Phi) is 3.56. The van der Waals surface area contributed by atoms with Gasteiger partial charge in [0.25, 0.3) is 0 Å². The molecule has 1 N–H and O–H groups in total. The normalized spacial score (nSPS) is 16.3. The first-order valence-electron chi connectivity index (χ1n) is 6.52. The van der Waals surface area contributed by atoms with Crippen molar-refractivity contribution in [2.24, 2.45) is 0 Å². The van der Waals surface area contributed by atoms with E-state index in [2.05, 4.69) is 10.4 Å². The van der Waals surface area contributed by atoms with Crippen LogP contribution in [0.4, 0.5) is 13.2 Å². The predicted molar refractivity (Wildman–Crippen MR) is 67.1 cm³/mol. The largest absolute Gasteiger partial charge is 0.435 e. The molecule has 4 nitrogen and oxygen atoms in total. The van der Waals surface area contributed by atoms with Crippen LogP contribution >= 0.6 is 0 Å². The Morgan fingerprint density at radius 1 is 1.40 bits per heavy atom. The van der Waals surface area contributed by atoms with Crippen LogP contribution in [-0.2, 0) is 17.5 Å². The van der Waals surface area contributed by atoms with Gasteiger partial charge in [-0.05, 0) is 39.7 Å². The number of hydrogen-bond acceptors (Lipinski definition) is 2. The zero-order valence-electron chi connectivity index (χ0n) is 11.7. The van der Waals surface area contributed by atoms with E-state index in [9.17, 15) is 18.0 Å². The first-order chi connectivity index (χ1) is 9.06. The molecular formula is C13H18F3N3O. The summed E-state index contributed by atoms with van der Waals surface area (Å²) in [6, 6.07) is 1.06. The lowest BCUT2D eigenvalue weighted by molar-refractivity contribution is -0.141. The highest BCUT2D eigenvalue weighted by atomic mass is 19.4. The van der Waals surface area contributed by atoms with E-state index in [-0.39, 0.29) is 18.4 Å². The number of rotatable bonds is 3. The maximum atomic E-state index is 12.7. The fourth-order valence-electron chi connectivity index (χ4n) is 2.00. The minimum absolute atomic E-state index is 0.0982. The van der Waals surface area contributed by atoms with Gasteiger partial charge in [-0.3, -0.25) is 9.48 Å². The molecule has 1 aliphatic carbocycles. The highest BCUT2D eigenvalue weighted by Gasteiger charge is 2.38. The fraction of sp³-hybridized carbons (Fsp3) is 0.692. The summed E-state index contributed by atoms with van der Waals surface area (Å²) < 4.78 is 39.3. The average Bonchev–Trinajstić information content (AvgIpc) is 2.96. The monoisotopic (exact) mass is 289 g/mol. The molecule has 0 spiro atoms. The van der Waals surface area contributed by atoms with Crippen LogP contribution in [0.1, 0.15) is 50.9 Å². The third-order valence-electron chi connectivity index (χ3n) is 2.90. The molecule has 2 rings (SSSR count). The van der Waals surface area contributed by atoms with Crippen molar-refractivity contribution in [1.82, 2.24) is 15.1 Å². The Hall–Kier alpha value is -1.53. The SMILES string of the molecule is CC(C)(C)NC(=O)Cn1nc(C(F)(F)F)cc1C1CC1. The summed E-state index contributed by atoms with van der Waals surface area (Å²) in [4.78, 5) is 11.8. The van der Waals surface area contributed by atoms with E-state index in [0.717, 1.165) is 18.9 Å². The van der Waals surface area contributed by atoms with Gasteiger partial charge in [0.2, 0.25) is 5.91 Å². The zero-order valence-corrected chi connectivity index (χ0v) is 11.7. The molecule has 1 saturated carbocycles. The van der Waals surface area contributed by atoms with Crippen molar-refractivity contribution in [3.8, 4) is 0 Å². The molecule has 0 aliphatic heterocycles. The fourth-order valence-corrected chi connectivity index (χ4v) is 2.00. The molecular weight excluding hydrogens is 271 g/mol. The number of amides is 1. The second-order valence-corrected chi connectivity index (χ2v) is 6.18. The van der Waals surface area contributed by atoms with Crippen molar-refractivity contribution in [1.29, 1.82) is 0 Å². The Morgan fingerprint density at radius 2 is 2.00 bits per heavy atom. The minimum atomic E-state index is -4.48. The lowest BCUT2D eigenvalue weighted by atomic mass is 10.1. The molecule has 0 saturated heterocycles. The van der Waals surface area contributed by atoms with Crippen molar-refractivity contribution < 1.29 is 18.0 Å². The van der Waals surface area contributed by atoms with E-state index < -0.39 is 17.4 Å². The number of nitrogens with one attached hydrogen (secondary N) is 1. The summed E-state index contributed by atoms with van der Waals surface area (Å²) in [5.74, 6) is -0.239. The van der Waals surface area contributed by atoms with E-state index in [1.54, 1.807) is 0 Å². The van der Waals surface area contributed by atoms with Crippen LogP contribution < -0.4 is 5.32 Å². The predicted octanol–water partition coefficient (Wildman–Crippen LogP) is 2.69. The molecule has 20 heavy (non-hydrogen) atoms. The molecule has 0 atom stereocenters. The van der Waals surface area contributed by atoms with Gasteiger partial charge in [-0.25, -0.2) is 0 Å². The summed E-state index contributed by atoms with van der Waals surface area (Å²) in [6.07, 6.45) is -2.77. The molecule has 1 fully saturated rings. The van der Waals surface area contributed by atoms with Gasteiger partial charge in [0, 0.05) is 17.2 Å². The van der Waals surface area contributed by atoms with Gasteiger partial charge >= 0.3 is 6.18 Å². The molecule has 1 aromatic heterocycles. The second kappa shape index (κ2) is 4.79. The van der Waals surface area contributed by atoms with E-state index >= 15 is 0 Å². The maximum Gasteiger partial charge on any atom is 0.435 e. The van der Waals surface area contributed by atoms with Crippen LogP contribution in [0.15, 0.2) is 6.07 Å². The quantitative estimate of drug-likeness (QED) is 0.930. The molecule has 1 aliphatic rings. The lowest BCUT2D eigenvalue weighted by Gasteiger charge is -2.20. The highest BCUT2D eigenvalue weighted by molar-refractivity contribution is 5.76. The van der Waals surface area contributed by atoms with Crippen molar-refractivity contribution >= 4 is 5.91 Å². The number of halogens is 3. The van der Waals surface area contributed by atoms with Crippen molar-refractivity contribution in [2.75, 3.05) is 0 Å². The van der Waals surface area contributed by atoms with Gasteiger partial charge < -0.3 is 5.32 Å². The van der Waals surface area contributed by atoms with Gasteiger partial charge in [0.15, 0.2) is 5.69 Å². The first-order valence-corrected chi connectivity index (χ1v) is 6.52. The van der Waals surface area contributed by atoms with Crippen LogP contribution in [0, 0.1) is 0 Å². The molecule has 1 heterocycles. The third kappa shape index (κ3) is 3.74. The van der Waals surface area contributed by atoms with E-state index in [0.29, 0.717) is 5.69 Å². The maximum absolute atomic E-state index is 12.7. The number of nitrogens with zero attached hydrogens (tertiary/aromatic N) is 2. The van der Waals surface area contributed by atoms with Crippen molar-refractivity contribution in [3.05, 3.63) is 17.5 Å². The molecule has 1 aromatic rings. The molecule has 112 valence electrons. The smallest absolute Gasteiger partial charge is 0.350 e. The van der Waals surface area contributed by atoms with Gasteiger partial charge in [0.1, 0.15) is 6.54 Å². The molecule has 0 radical (unpaired) electrons. The standard InChI is InChI=1S/C13H18F3N3O/c1-12(2,3)17-11(20)7-19-9(8-4-5-8)6-10(18-19)13(14,15)16/h6,8H,4-5,7H2,1-3H3,(H,17,20). The number of carbonyl (C=O) groups excluding carboxylic acids is 1. The van der Waals surface area contributed by atoms with Crippen LogP contribution in [-0.4, -0.2) is 21.2 Å². The summed E-state index contributed by atoms with van der Waals surface area (Å²) in [5.41, 5.74) is -0.846. The van der Waals surface area contributed by atoms with Crippen molar-refractivity contribution in [3.63, 3.8) is 0 Å². The van der Waals surface area contributed by atoms with Crippen LogP contribution in [0.3, 0.4) is 0 Å². The number of aromatic nitrogens is 2.